The number of ether oxygens (including phenoxy) is 1. The van der Waals surface area contributed by atoms with E-state index in [2.05, 4.69) is 13.8 Å². The standard InChI is InChI=1S/C14H18N2O6/c1-9-5-10(2)7-15(6-9)12(17)8-21-14(18)11-3-4-13(22-11)16(19)20/h3-4,9-10H,5-8H2,1-2H3/t9-,10-/m0/s1. The Labute approximate surface area is 127 Å². The monoisotopic (exact) mass is 310 g/mol. The van der Waals surface area contributed by atoms with Crippen LogP contribution in [-0.2, 0) is 9.53 Å². The summed E-state index contributed by atoms with van der Waals surface area (Å²) in [5.41, 5.74) is 0. The maximum absolute atomic E-state index is 12.0. The van der Waals surface area contributed by atoms with Crippen LogP contribution >= 0.6 is 0 Å². The molecule has 1 aliphatic rings. The number of rotatable bonds is 4. The lowest BCUT2D eigenvalue weighted by Gasteiger charge is -2.34. The van der Waals surface area contributed by atoms with Gasteiger partial charge >= 0.3 is 11.9 Å². The van der Waals surface area contributed by atoms with Gasteiger partial charge in [-0.15, -0.1) is 0 Å². The first kappa shape index (κ1) is 16.0. The van der Waals surface area contributed by atoms with Crippen LogP contribution in [0.25, 0.3) is 0 Å². The number of piperidine rings is 1. The fourth-order valence-corrected chi connectivity index (χ4v) is 2.69. The van der Waals surface area contributed by atoms with Crippen LogP contribution in [0.3, 0.4) is 0 Å². The third-order valence-electron chi connectivity index (χ3n) is 3.52. The van der Waals surface area contributed by atoms with Crippen molar-refractivity contribution in [3.63, 3.8) is 0 Å². The normalized spacial score (nSPS) is 21.5. The summed E-state index contributed by atoms with van der Waals surface area (Å²) in [7, 11) is 0. The summed E-state index contributed by atoms with van der Waals surface area (Å²) in [5, 5.41) is 10.5. The molecule has 0 unspecified atom stereocenters. The molecule has 22 heavy (non-hydrogen) atoms. The number of hydrogen-bond acceptors (Lipinski definition) is 6. The average molecular weight is 310 g/mol. The SMILES string of the molecule is C[C@H]1C[C@H](C)CN(C(=O)COC(=O)c2ccc([N+](=O)[O-])o2)C1. The van der Waals surface area contributed by atoms with Gasteiger partial charge in [-0.3, -0.25) is 14.9 Å². The molecule has 0 aliphatic carbocycles. The Hall–Kier alpha value is -2.38. The third-order valence-corrected chi connectivity index (χ3v) is 3.52. The number of amides is 1. The van der Waals surface area contributed by atoms with Crippen molar-refractivity contribution in [2.45, 2.75) is 20.3 Å². The summed E-state index contributed by atoms with van der Waals surface area (Å²) in [6, 6.07) is 2.21. The van der Waals surface area contributed by atoms with E-state index in [0.29, 0.717) is 24.9 Å². The maximum atomic E-state index is 12.0. The largest absolute Gasteiger partial charge is 0.450 e. The molecule has 1 saturated heterocycles. The summed E-state index contributed by atoms with van der Waals surface area (Å²) in [5.74, 6) is -1.17. The molecule has 1 aliphatic heterocycles. The number of esters is 1. The molecule has 0 radical (unpaired) electrons. The Morgan fingerprint density at radius 3 is 2.55 bits per heavy atom. The third kappa shape index (κ3) is 3.84. The molecule has 2 rings (SSSR count). The smallest absolute Gasteiger partial charge is 0.433 e. The van der Waals surface area contributed by atoms with E-state index in [1.54, 1.807) is 4.90 Å². The van der Waals surface area contributed by atoms with Gasteiger partial charge in [0.15, 0.2) is 6.61 Å². The minimum atomic E-state index is -0.889. The molecular formula is C14H18N2O6. The zero-order valence-electron chi connectivity index (χ0n) is 12.5. The van der Waals surface area contributed by atoms with E-state index in [-0.39, 0.29) is 11.7 Å². The van der Waals surface area contributed by atoms with E-state index in [4.69, 9.17) is 9.15 Å². The van der Waals surface area contributed by atoms with E-state index in [9.17, 15) is 19.7 Å². The maximum Gasteiger partial charge on any atom is 0.433 e. The van der Waals surface area contributed by atoms with E-state index in [1.807, 2.05) is 0 Å². The molecule has 1 aromatic heterocycles. The highest BCUT2D eigenvalue weighted by Gasteiger charge is 2.26. The van der Waals surface area contributed by atoms with Crippen molar-refractivity contribution < 1.29 is 23.7 Å². The van der Waals surface area contributed by atoms with Gasteiger partial charge in [-0.25, -0.2) is 4.79 Å². The lowest BCUT2D eigenvalue weighted by Crippen LogP contribution is -2.44. The van der Waals surface area contributed by atoms with Crippen LogP contribution < -0.4 is 0 Å². The molecule has 0 N–H and O–H groups in total. The van der Waals surface area contributed by atoms with Gasteiger partial charge in [-0.1, -0.05) is 13.8 Å². The van der Waals surface area contributed by atoms with Crippen molar-refractivity contribution in [3.05, 3.63) is 28.0 Å². The predicted octanol–water partition coefficient (Wildman–Crippen LogP) is 1.85. The number of carbonyl (C=O) groups excluding carboxylic acids is 2. The Morgan fingerprint density at radius 2 is 2.00 bits per heavy atom. The molecule has 8 heteroatoms. The first-order chi connectivity index (χ1) is 10.4. The molecule has 0 spiro atoms. The highest BCUT2D eigenvalue weighted by atomic mass is 16.7. The Kier molecular flexibility index (Phi) is 4.79. The predicted molar refractivity (Wildman–Crippen MR) is 75.2 cm³/mol. The molecule has 0 bridgehead atoms. The van der Waals surface area contributed by atoms with Gasteiger partial charge in [0.05, 0.1) is 6.07 Å². The van der Waals surface area contributed by atoms with E-state index >= 15 is 0 Å². The Balaban J connectivity index is 1.87. The second-order valence-corrected chi connectivity index (χ2v) is 5.72. The molecule has 2 atom stereocenters. The van der Waals surface area contributed by atoms with Crippen LogP contribution in [0.4, 0.5) is 5.88 Å². The van der Waals surface area contributed by atoms with Gasteiger partial charge in [0.25, 0.3) is 5.91 Å². The Bertz CT molecular complexity index is 572. The fourth-order valence-electron chi connectivity index (χ4n) is 2.69. The van der Waals surface area contributed by atoms with Crippen molar-refractivity contribution in [2.24, 2.45) is 11.8 Å². The molecular weight excluding hydrogens is 292 g/mol. The lowest BCUT2D eigenvalue weighted by molar-refractivity contribution is -0.402. The molecule has 1 aromatic rings. The summed E-state index contributed by atoms with van der Waals surface area (Å²) in [6.45, 7) is 5.04. The molecule has 0 saturated carbocycles. The van der Waals surface area contributed by atoms with Crippen molar-refractivity contribution in [1.82, 2.24) is 4.90 Å². The zero-order chi connectivity index (χ0) is 16.3. The van der Waals surface area contributed by atoms with E-state index in [1.165, 1.54) is 0 Å². The summed E-state index contributed by atoms with van der Waals surface area (Å²) >= 11 is 0. The van der Waals surface area contributed by atoms with Gasteiger partial charge < -0.3 is 14.1 Å². The van der Waals surface area contributed by atoms with Crippen molar-refractivity contribution in [2.75, 3.05) is 19.7 Å². The average Bonchev–Trinajstić information content (AvgIpc) is 2.93. The molecule has 0 aromatic carbocycles. The molecule has 1 fully saturated rings. The first-order valence-corrected chi connectivity index (χ1v) is 7.06. The highest BCUT2D eigenvalue weighted by molar-refractivity contribution is 5.89. The van der Waals surface area contributed by atoms with Gasteiger partial charge in [-0.2, -0.15) is 0 Å². The number of hydrogen-bond donors (Lipinski definition) is 0. The van der Waals surface area contributed by atoms with Crippen LogP contribution in [0.2, 0.25) is 0 Å². The number of nitrogens with zero attached hydrogens (tertiary/aromatic N) is 2. The summed E-state index contributed by atoms with van der Waals surface area (Å²) in [4.78, 5) is 35.1. The van der Waals surface area contributed by atoms with E-state index < -0.39 is 23.4 Å². The topological polar surface area (TPSA) is 103 Å². The Morgan fingerprint density at radius 1 is 1.36 bits per heavy atom. The van der Waals surface area contributed by atoms with Gasteiger partial charge in [0, 0.05) is 13.1 Å². The van der Waals surface area contributed by atoms with Crippen molar-refractivity contribution in [1.29, 1.82) is 0 Å². The quantitative estimate of drug-likeness (QED) is 0.477. The first-order valence-electron chi connectivity index (χ1n) is 7.06. The van der Waals surface area contributed by atoms with Crippen LogP contribution in [0, 0.1) is 22.0 Å². The number of likely N-dealkylation sites (tertiary alicyclic amines) is 1. The summed E-state index contributed by atoms with van der Waals surface area (Å²) in [6.07, 6.45) is 1.07. The van der Waals surface area contributed by atoms with Crippen LogP contribution in [0.15, 0.2) is 16.5 Å². The summed E-state index contributed by atoms with van der Waals surface area (Å²) < 4.78 is 9.58. The van der Waals surface area contributed by atoms with E-state index in [0.717, 1.165) is 18.6 Å². The van der Waals surface area contributed by atoms with Crippen LogP contribution in [0.5, 0.6) is 0 Å². The van der Waals surface area contributed by atoms with Crippen LogP contribution in [-0.4, -0.2) is 41.4 Å². The second-order valence-electron chi connectivity index (χ2n) is 5.72. The lowest BCUT2D eigenvalue weighted by atomic mass is 9.92. The molecule has 8 nitrogen and oxygen atoms in total. The molecule has 2 heterocycles. The van der Waals surface area contributed by atoms with Gasteiger partial charge in [-0.05, 0) is 24.3 Å². The zero-order valence-corrected chi connectivity index (χ0v) is 12.5. The van der Waals surface area contributed by atoms with Crippen molar-refractivity contribution >= 4 is 17.8 Å². The minimum Gasteiger partial charge on any atom is -0.450 e. The molecule has 120 valence electrons. The fraction of sp³-hybridized carbons (Fsp3) is 0.571. The van der Waals surface area contributed by atoms with Gasteiger partial charge in [0.2, 0.25) is 5.76 Å². The highest BCUT2D eigenvalue weighted by Crippen LogP contribution is 2.21. The number of furan rings is 1. The molecule has 1 amide bonds. The second kappa shape index (κ2) is 6.59. The van der Waals surface area contributed by atoms with Crippen molar-refractivity contribution in [3.8, 4) is 0 Å². The van der Waals surface area contributed by atoms with Gasteiger partial charge in [0.1, 0.15) is 4.92 Å². The number of carbonyl (C=O) groups is 2. The van der Waals surface area contributed by atoms with Crippen LogP contribution in [0.1, 0.15) is 30.8 Å². The number of nitro groups is 1. The minimum absolute atomic E-state index is 0.271.